The number of hydrogen-bond acceptors (Lipinski definition) is 7. The fourth-order valence-corrected chi connectivity index (χ4v) is 5.40. The van der Waals surface area contributed by atoms with Gasteiger partial charge in [-0.2, -0.15) is 5.48 Å². The number of likely N-dealkylation sites (tertiary alicyclic amines) is 1. The minimum atomic E-state index is -0.735. The van der Waals surface area contributed by atoms with E-state index in [2.05, 4.69) is 27.2 Å². The molecule has 3 heterocycles. The lowest BCUT2D eigenvalue weighted by Crippen LogP contribution is -2.44. The first kappa shape index (κ1) is 25.1. The number of pyridine rings is 1. The van der Waals surface area contributed by atoms with E-state index >= 15 is 0 Å². The fourth-order valence-electron chi connectivity index (χ4n) is 4.80. The fraction of sp³-hybridized carbons (Fsp3) is 0.407. The van der Waals surface area contributed by atoms with Crippen molar-refractivity contribution in [2.24, 2.45) is 11.8 Å². The van der Waals surface area contributed by atoms with Crippen LogP contribution in [0.2, 0.25) is 0 Å². The Balaban J connectivity index is 1.44. The number of fused-ring (bicyclic) bond motifs is 1. The maximum Gasteiger partial charge on any atom is 0.308 e. The molecular formula is C27H31N3O4S. The molecule has 3 atom stereocenters. The molecular weight excluding hydrogens is 462 g/mol. The van der Waals surface area contributed by atoms with E-state index in [0.29, 0.717) is 13.1 Å². The molecule has 7 nitrogen and oxygen atoms in total. The number of ether oxygens (including phenoxy) is 1. The van der Waals surface area contributed by atoms with Gasteiger partial charge in [0.15, 0.2) is 0 Å². The minimum absolute atomic E-state index is 0.0952. The number of hydroxylamine groups is 1. The molecule has 35 heavy (non-hydrogen) atoms. The summed E-state index contributed by atoms with van der Waals surface area (Å²) in [5.74, 6) is 6.08. The van der Waals surface area contributed by atoms with E-state index in [1.54, 1.807) is 31.8 Å². The molecule has 1 aliphatic rings. The summed E-state index contributed by atoms with van der Waals surface area (Å²) < 4.78 is 5.41. The van der Waals surface area contributed by atoms with Gasteiger partial charge in [0.05, 0.1) is 43.1 Å². The van der Waals surface area contributed by atoms with Crippen molar-refractivity contribution in [1.29, 1.82) is 0 Å². The molecule has 2 N–H and O–H groups in total. The van der Waals surface area contributed by atoms with E-state index in [0.717, 1.165) is 52.9 Å². The zero-order chi connectivity index (χ0) is 24.6. The molecule has 8 heteroatoms. The molecule has 1 unspecified atom stereocenters. The van der Waals surface area contributed by atoms with Crippen LogP contribution in [0.4, 0.5) is 0 Å². The number of hydrogen-bond donors (Lipinski definition) is 2. The molecule has 0 radical (unpaired) electrons. The lowest BCUT2D eigenvalue weighted by atomic mass is 9.81. The van der Waals surface area contributed by atoms with Crippen molar-refractivity contribution in [3.8, 4) is 17.6 Å². The molecule has 1 fully saturated rings. The largest absolute Gasteiger partial charge is 0.497 e. The van der Waals surface area contributed by atoms with Crippen LogP contribution in [0, 0.1) is 23.7 Å². The summed E-state index contributed by atoms with van der Waals surface area (Å²) in [7, 11) is 3.25. The molecule has 0 amide bonds. The third-order valence-corrected chi connectivity index (χ3v) is 7.42. The number of carboxylic acid groups (broad SMARTS) is 1. The average Bonchev–Trinajstić information content (AvgIpc) is 3.40. The molecule has 1 saturated heterocycles. The van der Waals surface area contributed by atoms with Gasteiger partial charge in [-0.1, -0.05) is 17.9 Å². The van der Waals surface area contributed by atoms with E-state index in [1.807, 2.05) is 41.8 Å². The van der Waals surface area contributed by atoms with Crippen LogP contribution in [0.25, 0.3) is 10.9 Å². The van der Waals surface area contributed by atoms with Crippen molar-refractivity contribution >= 4 is 28.2 Å². The number of benzene rings is 1. The van der Waals surface area contributed by atoms with E-state index < -0.39 is 11.9 Å². The number of nitrogens with zero attached hydrogens (tertiary/aromatic N) is 2. The molecule has 1 aromatic carbocycles. The van der Waals surface area contributed by atoms with E-state index in [9.17, 15) is 9.90 Å². The normalized spacial score (nSPS) is 19.1. The SMILES string of the molecule is CONC(CC[C@@H]1CCN(CC#Cc2cccs2)C[C@@H]1C(=O)O)c1ccnc2ccc(OC)cc12. The minimum Gasteiger partial charge on any atom is -0.497 e. The van der Waals surface area contributed by atoms with Crippen LogP contribution in [-0.2, 0) is 9.63 Å². The van der Waals surface area contributed by atoms with Gasteiger partial charge < -0.3 is 14.7 Å². The highest BCUT2D eigenvalue weighted by atomic mass is 32.1. The van der Waals surface area contributed by atoms with Gasteiger partial charge >= 0.3 is 5.97 Å². The lowest BCUT2D eigenvalue weighted by molar-refractivity contribution is -0.146. The number of aromatic nitrogens is 1. The van der Waals surface area contributed by atoms with Crippen molar-refractivity contribution in [3.05, 3.63) is 58.4 Å². The molecule has 4 rings (SSSR count). The van der Waals surface area contributed by atoms with Crippen molar-refractivity contribution < 1.29 is 19.5 Å². The van der Waals surface area contributed by atoms with E-state index in [-0.39, 0.29) is 12.0 Å². The van der Waals surface area contributed by atoms with Gasteiger partial charge in [-0.25, -0.2) is 0 Å². The maximum atomic E-state index is 12.1. The number of methoxy groups -OCH3 is 1. The van der Waals surface area contributed by atoms with Gasteiger partial charge in [0.2, 0.25) is 0 Å². The van der Waals surface area contributed by atoms with Crippen molar-refractivity contribution in [2.75, 3.05) is 33.9 Å². The Hall–Kier alpha value is -2.96. The molecule has 0 bridgehead atoms. The zero-order valence-electron chi connectivity index (χ0n) is 20.1. The van der Waals surface area contributed by atoms with Crippen LogP contribution in [0.3, 0.4) is 0 Å². The topological polar surface area (TPSA) is 83.9 Å². The number of aliphatic carboxylic acids is 1. The Morgan fingerprint density at radius 3 is 2.97 bits per heavy atom. The van der Waals surface area contributed by atoms with Gasteiger partial charge in [0.25, 0.3) is 0 Å². The quantitative estimate of drug-likeness (QED) is 0.339. The van der Waals surface area contributed by atoms with E-state index in [4.69, 9.17) is 9.57 Å². The Kier molecular flexibility index (Phi) is 8.72. The van der Waals surface area contributed by atoms with Crippen molar-refractivity contribution in [3.63, 3.8) is 0 Å². The predicted molar refractivity (Wildman–Crippen MR) is 137 cm³/mol. The first-order valence-corrected chi connectivity index (χ1v) is 12.7. The number of piperidine rings is 1. The van der Waals surface area contributed by atoms with Crippen molar-refractivity contribution in [2.45, 2.75) is 25.3 Å². The molecule has 0 saturated carbocycles. The van der Waals surface area contributed by atoms with Gasteiger partial charge in [-0.15, -0.1) is 11.3 Å². The summed E-state index contributed by atoms with van der Waals surface area (Å²) >= 11 is 1.62. The number of thiophene rings is 1. The Bertz CT molecular complexity index is 1190. The standard InChI is InChI=1S/C27H31N3O4S/c1-33-20-8-10-25-23(17-20)22(11-13-28-25)26(29-34-2)9-7-19-12-15-30(18-24(19)27(31)32)14-3-5-21-6-4-16-35-21/h4,6,8,10-11,13,16-17,19,24,26,29H,7,9,12,14-15,18H2,1-2H3,(H,31,32)/t19-,24+,26?/m1/s1. The third-order valence-electron chi connectivity index (χ3n) is 6.64. The second-order valence-corrected chi connectivity index (χ2v) is 9.69. The summed E-state index contributed by atoms with van der Waals surface area (Å²) in [6.45, 7) is 1.97. The highest BCUT2D eigenvalue weighted by Crippen LogP contribution is 2.33. The number of carboxylic acids is 1. The molecule has 3 aromatic rings. The molecule has 2 aromatic heterocycles. The lowest BCUT2D eigenvalue weighted by Gasteiger charge is -2.36. The van der Waals surface area contributed by atoms with Crippen LogP contribution in [0.5, 0.6) is 5.75 Å². The number of nitrogens with one attached hydrogen (secondary N) is 1. The Morgan fingerprint density at radius 1 is 1.34 bits per heavy atom. The van der Waals surface area contributed by atoms with Crippen molar-refractivity contribution in [1.82, 2.24) is 15.4 Å². The molecule has 1 aliphatic heterocycles. The summed E-state index contributed by atoms with van der Waals surface area (Å²) in [4.78, 5) is 25.1. The predicted octanol–water partition coefficient (Wildman–Crippen LogP) is 4.35. The molecule has 0 spiro atoms. The highest BCUT2D eigenvalue weighted by Gasteiger charge is 2.34. The van der Waals surface area contributed by atoms with Crippen LogP contribution in [0.1, 0.15) is 35.7 Å². The second-order valence-electron chi connectivity index (χ2n) is 8.74. The summed E-state index contributed by atoms with van der Waals surface area (Å²) in [6, 6.07) is 11.7. The average molecular weight is 494 g/mol. The van der Waals surface area contributed by atoms with Gasteiger partial charge in [0.1, 0.15) is 5.75 Å². The van der Waals surface area contributed by atoms with Crippen LogP contribution in [0.15, 0.2) is 48.0 Å². The highest BCUT2D eigenvalue weighted by molar-refractivity contribution is 7.10. The summed E-state index contributed by atoms with van der Waals surface area (Å²) in [5, 5.41) is 13.0. The van der Waals surface area contributed by atoms with E-state index in [1.165, 1.54) is 0 Å². The number of carbonyl (C=O) groups is 1. The molecule has 0 aliphatic carbocycles. The zero-order valence-corrected chi connectivity index (χ0v) is 20.9. The Labute approximate surface area is 210 Å². The van der Waals surface area contributed by atoms with Crippen LogP contribution < -0.4 is 10.2 Å². The van der Waals surface area contributed by atoms with Gasteiger partial charge in [0, 0.05) is 18.1 Å². The van der Waals surface area contributed by atoms with Crippen LogP contribution >= 0.6 is 11.3 Å². The smallest absolute Gasteiger partial charge is 0.308 e. The summed E-state index contributed by atoms with van der Waals surface area (Å²) in [6.07, 6.45) is 4.16. The monoisotopic (exact) mass is 493 g/mol. The second kappa shape index (κ2) is 12.1. The Morgan fingerprint density at radius 2 is 2.23 bits per heavy atom. The van der Waals surface area contributed by atoms with Gasteiger partial charge in [-0.3, -0.25) is 14.7 Å². The summed E-state index contributed by atoms with van der Waals surface area (Å²) in [5.41, 5.74) is 5.06. The molecule has 184 valence electrons. The van der Waals surface area contributed by atoms with Crippen LogP contribution in [-0.4, -0.2) is 54.8 Å². The number of rotatable bonds is 9. The van der Waals surface area contributed by atoms with Gasteiger partial charge in [-0.05, 0) is 73.0 Å². The first-order chi connectivity index (χ1) is 17.1. The third kappa shape index (κ3) is 6.38. The first-order valence-electron chi connectivity index (χ1n) is 11.8. The maximum absolute atomic E-state index is 12.1.